The molecular weight excluding hydrogens is 266 g/mol. The maximum atomic E-state index is 11.9. The van der Waals surface area contributed by atoms with E-state index in [0.29, 0.717) is 11.3 Å². The second-order valence-electron chi connectivity index (χ2n) is 4.66. The molecule has 104 valence electrons. The van der Waals surface area contributed by atoms with Gasteiger partial charge in [0.15, 0.2) is 0 Å². The number of carbonyl (C=O) groups excluding carboxylic acids is 1. The molecule has 1 unspecified atom stereocenters. The van der Waals surface area contributed by atoms with Crippen molar-refractivity contribution < 1.29 is 13.2 Å². The maximum absolute atomic E-state index is 11.9. The highest BCUT2D eigenvalue weighted by Gasteiger charge is 2.22. The number of amides is 1. The fraction of sp³-hybridized carbons (Fsp3) is 0.417. The molecule has 0 aromatic heterocycles. The van der Waals surface area contributed by atoms with Crippen molar-refractivity contribution in [3.63, 3.8) is 0 Å². The second kappa shape index (κ2) is 5.28. The van der Waals surface area contributed by atoms with E-state index in [9.17, 15) is 13.2 Å². The highest BCUT2D eigenvalue weighted by Crippen LogP contribution is 2.19. The minimum absolute atomic E-state index is 0.0321. The SMILES string of the molecule is Cc1ccc(NC(=O)C2CCCN2)cc1S(N)(=O)=O. The van der Waals surface area contributed by atoms with Crippen molar-refractivity contribution in [1.29, 1.82) is 0 Å². The molecule has 2 rings (SSSR count). The smallest absolute Gasteiger partial charge is 0.241 e. The van der Waals surface area contributed by atoms with Gasteiger partial charge in [0, 0.05) is 5.69 Å². The number of nitrogens with two attached hydrogens (primary N) is 1. The van der Waals surface area contributed by atoms with Crippen molar-refractivity contribution in [2.24, 2.45) is 5.14 Å². The zero-order chi connectivity index (χ0) is 14.0. The number of sulfonamides is 1. The Morgan fingerprint density at radius 1 is 1.47 bits per heavy atom. The lowest BCUT2D eigenvalue weighted by Gasteiger charge is -2.12. The van der Waals surface area contributed by atoms with Crippen LogP contribution in [-0.2, 0) is 14.8 Å². The molecule has 1 aromatic carbocycles. The number of benzene rings is 1. The van der Waals surface area contributed by atoms with Gasteiger partial charge in [-0.15, -0.1) is 0 Å². The van der Waals surface area contributed by atoms with E-state index >= 15 is 0 Å². The van der Waals surface area contributed by atoms with Gasteiger partial charge in [-0.2, -0.15) is 0 Å². The average Bonchev–Trinajstić information content (AvgIpc) is 2.83. The first-order valence-electron chi connectivity index (χ1n) is 6.05. The lowest BCUT2D eigenvalue weighted by Crippen LogP contribution is -2.35. The van der Waals surface area contributed by atoms with Gasteiger partial charge in [0.25, 0.3) is 0 Å². The summed E-state index contributed by atoms with van der Waals surface area (Å²) in [6, 6.07) is 4.46. The Hall–Kier alpha value is -1.44. The monoisotopic (exact) mass is 283 g/mol. The average molecular weight is 283 g/mol. The molecule has 1 aliphatic heterocycles. The second-order valence-corrected chi connectivity index (χ2v) is 6.19. The largest absolute Gasteiger partial charge is 0.325 e. The van der Waals surface area contributed by atoms with Crippen molar-refractivity contribution in [2.45, 2.75) is 30.7 Å². The molecule has 0 aliphatic carbocycles. The fourth-order valence-corrected chi connectivity index (χ4v) is 2.93. The summed E-state index contributed by atoms with van der Waals surface area (Å²) in [5.74, 6) is -0.151. The van der Waals surface area contributed by atoms with E-state index in [1.165, 1.54) is 6.07 Å². The van der Waals surface area contributed by atoms with Gasteiger partial charge in [-0.1, -0.05) is 6.07 Å². The molecule has 0 spiro atoms. The summed E-state index contributed by atoms with van der Waals surface area (Å²) in [6.45, 7) is 2.48. The first-order valence-corrected chi connectivity index (χ1v) is 7.60. The molecule has 1 atom stereocenters. The predicted molar refractivity (Wildman–Crippen MR) is 72.2 cm³/mol. The molecule has 0 radical (unpaired) electrons. The molecular formula is C12H17N3O3S. The van der Waals surface area contributed by atoms with E-state index in [2.05, 4.69) is 10.6 Å². The van der Waals surface area contributed by atoms with Crippen LogP contribution in [0.5, 0.6) is 0 Å². The molecule has 1 amide bonds. The van der Waals surface area contributed by atoms with E-state index in [0.717, 1.165) is 19.4 Å². The number of primary sulfonamides is 1. The summed E-state index contributed by atoms with van der Waals surface area (Å²) in [5.41, 5.74) is 0.993. The summed E-state index contributed by atoms with van der Waals surface area (Å²) in [7, 11) is -3.78. The van der Waals surface area contributed by atoms with Crippen LogP contribution in [0.25, 0.3) is 0 Å². The summed E-state index contributed by atoms with van der Waals surface area (Å²) in [5, 5.41) is 10.9. The highest BCUT2D eigenvalue weighted by molar-refractivity contribution is 7.89. The lowest BCUT2D eigenvalue weighted by atomic mass is 10.2. The number of anilines is 1. The third kappa shape index (κ3) is 3.31. The van der Waals surface area contributed by atoms with Gasteiger partial charge in [-0.25, -0.2) is 13.6 Å². The molecule has 1 aromatic rings. The quantitative estimate of drug-likeness (QED) is 0.744. The lowest BCUT2D eigenvalue weighted by molar-refractivity contribution is -0.117. The zero-order valence-corrected chi connectivity index (χ0v) is 11.5. The maximum Gasteiger partial charge on any atom is 0.241 e. The van der Waals surface area contributed by atoms with E-state index in [1.54, 1.807) is 19.1 Å². The van der Waals surface area contributed by atoms with E-state index in [-0.39, 0.29) is 16.8 Å². The van der Waals surface area contributed by atoms with Crippen LogP contribution in [0.15, 0.2) is 23.1 Å². The number of hydrogen-bond acceptors (Lipinski definition) is 4. The Morgan fingerprint density at radius 2 is 2.21 bits per heavy atom. The summed E-state index contributed by atoms with van der Waals surface area (Å²) < 4.78 is 22.8. The van der Waals surface area contributed by atoms with Crippen LogP contribution >= 0.6 is 0 Å². The van der Waals surface area contributed by atoms with Crippen molar-refractivity contribution in [3.05, 3.63) is 23.8 Å². The number of nitrogens with one attached hydrogen (secondary N) is 2. The highest BCUT2D eigenvalue weighted by atomic mass is 32.2. The minimum atomic E-state index is -3.78. The molecule has 4 N–H and O–H groups in total. The van der Waals surface area contributed by atoms with Crippen LogP contribution in [-0.4, -0.2) is 26.9 Å². The normalized spacial score (nSPS) is 19.4. The van der Waals surface area contributed by atoms with E-state index in [1.807, 2.05) is 0 Å². The van der Waals surface area contributed by atoms with Gasteiger partial charge in [0.05, 0.1) is 10.9 Å². The summed E-state index contributed by atoms with van der Waals surface area (Å²) in [4.78, 5) is 11.9. The van der Waals surface area contributed by atoms with Gasteiger partial charge < -0.3 is 10.6 Å². The number of aryl methyl sites for hydroxylation is 1. The summed E-state index contributed by atoms with van der Waals surface area (Å²) in [6.07, 6.45) is 1.76. The molecule has 6 nitrogen and oxygen atoms in total. The Bertz CT molecular complexity index is 592. The molecule has 0 saturated carbocycles. The molecule has 1 heterocycles. The first kappa shape index (κ1) is 14.0. The first-order chi connectivity index (χ1) is 8.88. The topological polar surface area (TPSA) is 101 Å². The molecule has 0 bridgehead atoms. The van der Waals surface area contributed by atoms with Crippen molar-refractivity contribution in [3.8, 4) is 0 Å². The summed E-state index contributed by atoms with van der Waals surface area (Å²) >= 11 is 0. The molecule has 1 aliphatic rings. The Morgan fingerprint density at radius 3 is 2.79 bits per heavy atom. The van der Waals surface area contributed by atoms with Crippen LogP contribution in [0.2, 0.25) is 0 Å². The van der Waals surface area contributed by atoms with Gasteiger partial charge in [-0.3, -0.25) is 4.79 Å². The molecule has 1 saturated heterocycles. The number of hydrogen-bond donors (Lipinski definition) is 3. The van der Waals surface area contributed by atoms with Crippen LogP contribution in [0.3, 0.4) is 0 Å². The van der Waals surface area contributed by atoms with Crippen LogP contribution in [0.4, 0.5) is 5.69 Å². The van der Waals surface area contributed by atoms with Crippen molar-refractivity contribution in [1.82, 2.24) is 5.32 Å². The predicted octanol–water partition coefficient (Wildman–Crippen LogP) is 0.333. The van der Waals surface area contributed by atoms with Gasteiger partial charge in [0.1, 0.15) is 0 Å². The van der Waals surface area contributed by atoms with Crippen molar-refractivity contribution >= 4 is 21.6 Å². The van der Waals surface area contributed by atoms with E-state index < -0.39 is 10.0 Å². The standard InChI is InChI=1S/C12H17N3O3S/c1-8-4-5-9(7-11(8)19(13,17)18)15-12(16)10-3-2-6-14-10/h4-5,7,10,14H,2-3,6H2,1H3,(H,15,16)(H2,13,17,18). The van der Waals surface area contributed by atoms with Gasteiger partial charge in [0.2, 0.25) is 15.9 Å². The fourth-order valence-electron chi connectivity index (χ4n) is 2.12. The Kier molecular flexibility index (Phi) is 3.88. The number of rotatable bonds is 3. The van der Waals surface area contributed by atoms with Gasteiger partial charge in [-0.05, 0) is 44.0 Å². The van der Waals surface area contributed by atoms with E-state index in [4.69, 9.17) is 5.14 Å². The van der Waals surface area contributed by atoms with Gasteiger partial charge >= 0.3 is 0 Å². The van der Waals surface area contributed by atoms with Crippen LogP contribution in [0.1, 0.15) is 18.4 Å². The molecule has 7 heteroatoms. The molecule has 1 fully saturated rings. The third-order valence-corrected chi connectivity index (χ3v) is 4.19. The molecule has 19 heavy (non-hydrogen) atoms. The minimum Gasteiger partial charge on any atom is -0.325 e. The Balaban J connectivity index is 2.19. The zero-order valence-electron chi connectivity index (χ0n) is 10.6. The Labute approximate surface area is 112 Å². The third-order valence-electron chi connectivity index (χ3n) is 3.14. The van der Waals surface area contributed by atoms with Crippen LogP contribution < -0.4 is 15.8 Å². The van der Waals surface area contributed by atoms with Crippen LogP contribution in [0, 0.1) is 6.92 Å². The van der Waals surface area contributed by atoms with Crippen molar-refractivity contribution in [2.75, 3.05) is 11.9 Å². The number of carbonyl (C=O) groups is 1.